The standard InChI is InChI=1S/C15H20N4O2/c1-15(2,3)14-18-12(13(16)19(14)17)9-4-5-10-11(8-9)21-7-6-20-10/h4-5,8H,6-7,16-17H2,1-3H3. The second kappa shape index (κ2) is 4.58. The van der Waals surface area contributed by atoms with Gasteiger partial charge < -0.3 is 21.1 Å². The summed E-state index contributed by atoms with van der Waals surface area (Å²) >= 11 is 0. The van der Waals surface area contributed by atoms with Gasteiger partial charge in [0.1, 0.15) is 24.7 Å². The largest absolute Gasteiger partial charge is 0.486 e. The van der Waals surface area contributed by atoms with E-state index in [-0.39, 0.29) is 5.41 Å². The van der Waals surface area contributed by atoms with Gasteiger partial charge in [0, 0.05) is 11.0 Å². The number of nitrogens with two attached hydrogens (primary N) is 2. The van der Waals surface area contributed by atoms with Gasteiger partial charge in [-0.3, -0.25) is 0 Å². The van der Waals surface area contributed by atoms with Crippen LogP contribution in [0.25, 0.3) is 11.3 Å². The van der Waals surface area contributed by atoms with Crippen LogP contribution in [-0.4, -0.2) is 22.9 Å². The minimum Gasteiger partial charge on any atom is -0.486 e. The number of rotatable bonds is 1. The van der Waals surface area contributed by atoms with Crippen molar-refractivity contribution in [2.75, 3.05) is 24.8 Å². The molecule has 112 valence electrons. The topological polar surface area (TPSA) is 88.3 Å². The molecule has 0 bridgehead atoms. The van der Waals surface area contributed by atoms with Crippen LogP contribution in [0.1, 0.15) is 26.6 Å². The lowest BCUT2D eigenvalue weighted by molar-refractivity contribution is 0.171. The molecule has 0 radical (unpaired) electrons. The van der Waals surface area contributed by atoms with Gasteiger partial charge in [0.2, 0.25) is 0 Å². The first-order valence-electron chi connectivity index (χ1n) is 6.91. The number of benzene rings is 1. The number of nitrogens with zero attached hydrogens (tertiary/aromatic N) is 2. The fourth-order valence-corrected chi connectivity index (χ4v) is 2.38. The molecule has 1 aromatic heterocycles. The Hall–Kier alpha value is -2.37. The molecule has 1 aliphatic rings. The molecule has 0 aliphatic carbocycles. The van der Waals surface area contributed by atoms with Crippen LogP contribution < -0.4 is 21.1 Å². The second-order valence-corrected chi connectivity index (χ2v) is 6.15. The minimum atomic E-state index is -0.186. The van der Waals surface area contributed by atoms with E-state index < -0.39 is 0 Å². The summed E-state index contributed by atoms with van der Waals surface area (Å²) in [7, 11) is 0. The van der Waals surface area contributed by atoms with Crippen molar-refractivity contribution < 1.29 is 9.47 Å². The zero-order valence-corrected chi connectivity index (χ0v) is 12.5. The molecule has 21 heavy (non-hydrogen) atoms. The van der Waals surface area contributed by atoms with Gasteiger partial charge in [-0.15, -0.1) is 0 Å². The zero-order valence-electron chi connectivity index (χ0n) is 12.5. The maximum absolute atomic E-state index is 6.11. The molecule has 1 aromatic carbocycles. The van der Waals surface area contributed by atoms with Gasteiger partial charge in [0.15, 0.2) is 17.3 Å². The molecule has 0 unspecified atom stereocenters. The molecule has 0 saturated heterocycles. The van der Waals surface area contributed by atoms with Crippen molar-refractivity contribution in [2.24, 2.45) is 0 Å². The summed E-state index contributed by atoms with van der Waals surface area (Å²) in [6.45, 7) is 7.26. The molecular weight excluding hydrogens is 268 g/mol. The normalized spacial score (nSPS) is 14.2. The molecule has 6 nitrogen and oxygen atoms in total. The van der Waals surface area contributed by atoms with Crippen LogP contribution in [0, 0.1) is 0 Å². The van der Waals surface area contributed by atoms with E-state index in [0.717, 1.165) is 17.1 Å². The number of ether oxygens (including phenoxy) is 2. The average Bonchev–Trinajstić information content (AvgIpc) is 2.75. The molecule has 0 atom stereocenters. The molecule has 0 fully saturated rings. The van der Waals surface area contributed by atoms with Crippen molar-refractivity contribution in [3.63, 3.8) is 0 Å². The molecule has 2 heterocycles. The van der Waals surface area contributed by atoms with Gasteiger partial charge in [-0.25, -0.2) is 9.66 Å². The van der Waals surface area contributed by atoms with Crippen LogP contribution >= 0.6 is 0 Å². The molecule has 0 saturated carbocycles. The third-order valence-electron chi connectivity index (χ3n) is 3.43. The summed E-state index contributed by atoms with van der Waals surface area (Å²) in [6, 6.07) is 5.67. The Labute approximate surface area is 123 Å². The highest BCUT2D eigenvalue weighted by molar-refractivity contribution is 5.73. The fourth-order valence-electron chi connectivity index (χ4n) is 2.38. The smallest absolute Gasteiger partial charge is 0.162 e. The third-order valence-corrected chi connectivity index (χ3v) is 3.43. The number of hydrogen-bond acceptors (Lipinski definition) is 5. The van der Waals surface area contributed by atoms with Gasteiger partial charge in [0.25, 0.3) is 0 Å². The highest BCUT2D eigenvalue weighted by Gasteiger charge is 2.25. The van der Waals surface area contributed by atoms with E-state index in [2.05, 4.69) is 4.98 Å². The summed E-state index contributed by atoms with van der Waals surface area (Å²) in [5.41, 5.74) is 7.46. The van der Waals surface area contributed by atoms with Gasteiger partial charge >= 0.3 is 0 Å². The summed E-state index contributed by atoms with van der Waals surface area (Å²) in [5.74, 6) is 8.67. The van der Waals surface area contributed by atoms with Crippen molar-refractivity contribution in [2.45, 2.75) is 26.2 Å². The van der Waals surface area contributed by atoms with Crippen molar-refractivity contribution >= 4 is 5.82 Å². The summed E-state index contributed by atoms with van der Waals surface area (Å²) in [5, 5.41) is 0. The van der Waals surface area contributed by atoms with E-state index >= 15 is 0 Å². The molecule has 0 spiro atoms. The number of aromatic nitrogens is 2. The quantitative estimate of drug-likeness (QED) is 0.783. The van der Waals surface area contributed by atoms with Gasteiger partial charge in [-0.1, -0.05) is 20.8 Å². The maximum Gasteiger partial charge on any atom is 0.162 e. The van der Waals surface area contributed by atoms with E-state index in [9.17, 15) is 0 Å². The molecule has 4 N–H and O–H groups in total. The predicted molar refractivity (Wildman–Crippen MR) is 81.9 cm³/mol. The van der Waals surface area contributed by atoms with Crippen LogP contribution in [0.4, 0.5) is 5.82 Å². The molecule has 6 heteroatoms. The predicted octanol–water partition coefficient (Wildman–Crippen LogP) is 1.91. The van der Waals surface area contributed by atoms with Gasteiger partial charge in [-0.2, -0.15) is 0 Å². The Kier molecular flexibility index (Phi) is 2.97. The number of imidazole rings is 1. The average molecular weight is 288 g/mol. The first-order valence-corrected chi connectivity index (χ1v) is 6.91. The molecule has 0 amide bonds. The van der Waals surface area contributed by atoms with Crippen LogP contribution in [0.5, 0.6) is 11.5 Å². The monoisotopic (exact) mass is 288 g/mol. The van der Waals surface area contributed by atoms with Gasteiger partial charge in [0.05, 0.1) is 0 Å². The van der Waals surface area contributed by atoms with Crippen LogP contribution in [0.2, 0.25) is 0 Å². The Morgan fingerprint density at radius 2 is 1.81 bits per heavy atom. The summed E-state index contributed by atoms with van der Waals surface area (Å²) in [6.07, 6.45) is 0. The fraction of sp³-hybridized carbons (Fsp3) is 0.400. The van der Waals surface area contributed by atoms with E-state index in [1.807, 2.05) is 39.0 Å². The Balaban J connectivity index is 2.09. The zero-order chi connectivity index (χ0) is 15.2. The lowest BCUT2D eigenvalue weighted by Crippen LogP contribution is -2.24. The van der Waals surface area contributed by atoms with Crippen LogP contribution in [0.3, 0.4) is 0 Å². The van der Waals surface area contributed by atoms with Crippen LogP contribution in [-0.2, 0) is 5.41 Å². The van der Waals surface area contributed by atoms with E-state index in [1.165, 1.54) is 4.68 Å². The lowest BCUT2D eigenvalue weighted by Gasteiger charge is -2.18. The highest BCUT2D eigenvalue weighted by Crippen LogP contribution is 2.37. The first kappa shape index (κ1) is 13.6. The van der Waals surface area contributed by atoms with E-state index in [1.54, 1.807) is 0 Å². The third kappa shape index (κ3) is 2.26. The number of anilines is 1. The van der Waals surface area contributed by atoms with E-state index in [4.69, 9.17) is 21.1 Å². The molecule has 1 aliphatic heterocycles. The Morgan fingerprint density at radius 3 is 2.43 bits per heavy atom. The number of hydrogen-bond donors (Lipinski definition) is 2. The van der Waals surface area contributed by atoms with Crippen molar-refractivity contribution in [1.29, 1.82) is 0 Å². The van der Waals surface area contributed by atoms with Crippen molar-refractivity contribution in [1.82, 2.24) is 9.66 Å². The minimum absolute atomic E-state index is 0.186. The lowest BCUT2D eigenvalue weighted by atomic mass is 9.96. The van der Waals surface area contributed by atoms with Crippen molar-refractivity contribution in [3.8, 4) is 22.8 Å². The second-order valence-electron chi connectivity index (χ2n) is 6.15. The SMILES string of the molecule is CC(C)(C)c1nc(-c2ccc3c(c2)OCCO3)c(N)n1N. The highest BCUT2D eigenvalue weighted by atomic mass is 16.6. The number of nitrogen functional groups attached to an aromatic ring is 2. The maximum atomic E-state index is 6.11. The van der Waals surface area contributed by atoms with Gasteiger partial charge in [-0.05, 0) is 18.2 Å². The van der Waals surface area contributed by atoms with Crippen LogP contribution in [0.15, 0.2) is 18.2 Å². The summed E-state index contributed by atoms with van der Waals surface area (Å²) in [4.78, 5) is 4.62. The number of fused-ring (bicyclic) bond motifs is 1. The van der Waals surface area contributed by atoms with Crippen molar-refractivity contribution in [3.05, 3.63) is 24.0 Å². The molecule has 3 rings (SSSR count). The molecular formula is C15H20N4O2. The Bertz CT molecular complexity index is 686. The Morgan fingerprint density at radius 1 is 1.14 bits per heavy atom. The van der Waals surface area contributed by atoms with E-state index in [0.29, 0.717) is 30.5 Å². The first-order chi connectivity index (χ1) is 9.88. The molecule has 2 aromatic rings. The summed E-state index contributed by atoms with van der Waals surface area (Å²) < 4.78 is 12.6.